The summed E-state index contributed by atoms with van der Waals surface area (Å²) >= 11 is 1.56. The van der Waals surface area contributed by atoms with Crippen molar-refractivity contribution >= 4 is 17.7 Å². The first-order chi connectivity index (χ1) is 5.18. The predicted octanol–water partition coefficient (Wildman–Crippen LogP) is 0.190. The number of amides is 1. The normalized spacial score (nSPS) is 9.73. The summed E-state index contributed by atoms with van der Waals surface area (Å²) in [6.45, 7) is 0.211. The summed E-state index contributed by atoms with van der Waals surface area (Å²) < 4.78 is 0. The van der Waals surface area contributed by atoms with E-state index in [9.17, 15) is 4.79 Å². The minimum Gasteiger partial charge on any atom is -0.396 e. The van der Waals surface area contributed by atoms with E-state index in [-0.39, 0.29) is 12.5 Å². The van der Waals surface area contributed by atoms with Gasteiger partial charge in [-0.05, 0) is 12.2 Å². The van der Waals surface area contributed by atoms with Crippen LogP contribution in [0.1, 0.15) is 6.42 Å². The first-order valence-corrected chi connectivity index (χ1v) is 4.72. The molecule has 0 aromatic rings. The van der Waals surface area contributed by atoms with Crippen molar-refractivity contribution in [1.29, 1.82) is 0 Å². The van der Waals surface area contributed by atoms with Gasteiger partial charge in [-0.1, -0.05) is 0 Å². The first-order valence-electron chi connectivity index (χ1n) is 3.57. The van der Waals surface area contributed by atoms with E-state index >= 15 is 0 Å². The molecule has 0 atom stereocenters. The molecule has 3 nitrogen and oxygen atoms in total. The van der Waals surface area contributed by atoms with Gasteiger partial charge in [0, 0.05) is 20.7 Å². The van der Waals surface area contributed by atoms with Gasteiger partial charge in [0.15, 0.2) is 0 Å². The SMILES string of the molecule is CN(C)C(=O)CSCCCO. The number of carbonyl (C=O) groups excluding carboxylic acids is 1. The van der Waals surface area contributed by atoms with Crippen LogP contribution in [0.25, 0.3) is 0 Å². The fourth-order valence-electron chi connectivity index (χ4n) is 0.455. The summed E-state index contributed by atoms with van der Waals surface area (Å²) in [7, 11) is 3.49. The molecule has 0 saturated heterocycles. The average molecular weight is 177 g/mol. The fraction of sp³-hybridized carbons (Fsp3) is 0.857. The lowest BCUT2D eigenvalue weighted by Gasteiger charge is -2.08. The molecule has 11 heavy (non-hydrogen) atoms. The second-order valence-electron chi connectivity index (χ2n) is 2.42. The molecule has 1 N–H and O–H groups in total. The van der Waals surface area contributed by atoms with Crippen LogP contribution in [0.3, 0.4) is 0 Å². The van der Waals surface area contributed by atoms with E-state index in [0.717, 1.165) is 12.2 Å². The summed E-state index contributed by atoms with van der Waals surface area (Å²) in [4.78, 5) is 12.5. The molecule has 0 bridgehead atoms. The van der Waals surface area contributed by atoms with E-state index in [0.29, 0.717) is 5.75 Å². The van der Waals surface area contributed by atoms with Crippen LogP contribution in [0, 0.1) is 0 Å². The largest absolute Gasteiger partial charge is 0.396 e. The molecule has 0 aliphatic heterocycles. The van der Waals surface area contributed by atoms with Crippen LogP contribution in [0.4, 0.5) is 0 Å². The van der Waals surface area contributed by atoms with Crippen molar-refractivity contribution in [3.05, 3.63) is 0 Å². The molecule has 0 aliphatic rings. The summed E-state index contributed by atoms with van der Waals surface area (Å²) in [5.74, 6) is 1.51. The minimum atomic E-state index is 0.132. The van der Waals surface area contributed by atoms with Crippen molar-refractivity contribution in [2.24, 2.45) is 0 Å². The maximum atomic E-state index is 10.9. The van der Waals surface area contributed by atoms with Crippen molar-refractivity contribution in [2.45, 2.75) is 6.42 Å². The Labute approximate surface area is 71.8 Å². The van der Waals surface area contributed by atoms with Gasteiger partial charge in [0.25, 0.3) is 0 Å². The molecule has 0 radical (unpaired) electrons. The van der Waals surface area contributed by atoms with Crippen LogP contribution in [-0.4, -0.2) is 48.1 Å². The molecular weight excluding hydrogens is 162 g/mol. The maximum absolute atomic E-state index is 10.9. The van der Waals surface area contributed by atoms with Crippen LogP contribution >= 0.6 is 11.8 Å². The van der Waals surface area contributed by atoms with Crippen LogP contribution in [0.2, 0.25) is 0 Å². The smallest absolute Gasteiger partial charge is 0.232 e. The van der Waals surface area contributed by atoms with Gasteiger partial charge in [0.2, 0.25) is 5.91 Å². The van der Waals surface area contributed by atoms with E-state index in [1.54, 1.807) is 30.8 Å². The summed E-state index contributed by atoms with van der Waals surface area (Å²) in [5.41, 5.74) is 0. The topological polar surface area (TPSA) is 40.5 Å². The molecule has 66 valence electrons. The lowest BCUT2D eigenvalue weighted by Crippen LogP contribution is -2.23. The standard InChI is InChI=1S/C7H15NO2S/c1-8(2)7(10)6-11-5-3-4-9/h9H,3-6H2,1-2H3. The van der Waals surface area contributed by atoms with E-state index in [2.05, 4.69) is 0 Å². The molecule has 0 heterocycles. The highest BCUT2D eigenvalue weighted by Gasteiger charge is 2.01. The highest BCUT2D eigenvalue weighted by Crippen LogP contribution is 2.02. The molecule has 0 spiro atoms. The second kappa shape index (κ2) is 6.49. The van der Waals surface area contributed by atoms with E-state index < -0.39 is 0 Å². The number of rotatable bonds is 5. The quantitative estimate of drug-likeness (QED) is 0.609. The Bertz CT molecular complexity index is 117. The molecule has 0 rings (SSSR count). The lowest BCUT2D eigenvalue weighted by molar-refractivity contribution is -0.125. The summed E-state index contributed by atoms with van der Waals surface area (Å²) in [5, 5.41) is 8.43. The lowest BCUT2D eigenvalue weighted by atomic mass is 10.5. The zero-order valence-electron chi connectivity index (χ0n) is 7.04. The van der Waals surface area contributed by atoms with Crippen LogP contribution in [-0.2, 0) is 4.79 Å². The van der Waals surface area contributed by atoms with Crippen molar-refractivity contribution in [1.82, 2.24) is 4.90 Å². The fourth-order valence-corrected chi connectivity index (χ4v) is 1.37. The molecule has 0 aliphatic carbocycles. The highest BCUT2D eigenvalue weighted by atomic mass is 32.2. The molecule has 0 aromatic heterocycles. The summed E-state index contributed by atoms with van der Waals surface area (Å²) in [6, 6.07) is 0. The van der Waals surface area contributed by atoms with Crippen molar-refractivity contribution < 1.29 is 9.90 Å². The number of nitrogens with zero attached hydrogens (tertiary/aromatic N) is 1. The average Bonchev–Trinajstić information content (AvgIpc) is 1.97. The molecular formula is C7H15NO2S. The molecule has 1 amide bonds. The van der Waals surface area contributed by atoms with Gasteiger partial charge in [0.1, 0.15) is 0 Å². The Morgan fingerprint density at radius 1 is 1.55 bits per heavy atom. The van der Waals surface area contributed by atoms with Crippen molar-refractivity contribution in [3.8, 4) is 0 Å². The van der Waals surface area contributed by atoms with Gasteiger partial charge < -0.3 is 10.0 Å². The van der Waals surface area contributed by atoms with Crippen molar-refractivity contribution in [2.75, 3.05) is 32.2 Å². The molecule has 0 saturated carbocycles. The first kappa shape index (κ1) is 10.8. The van der Waals surface area contributed by atoms with E-state index in [1.165, 1.54) is 0 Å². The maximum Gasteiger partial charge on any atom is 0.232 e. The van der Waals surface area contributed by atoms with Crippen LogP contribution in [0.15, 0.2) is 0 Å². The number of thioether (sulfide) groups is 1. The Hall–Kier alpha value is -0.220. The molecule has 0 fully saturated rings. The van der Waals surface area contributed by atoms with Crippen LogP contribution < -0.4 is 0 Å². The third kappa shape index (κ3) is 6.19. The molecule has 4 heteroatoms. The van der Waals surface area contributed by atoms with Crippen LogP contribution in [0.5, 0.6) is 0 Å². The number of aliphatic hydroxyl groups is 1. The molecule has 0 unspecified atom stereocenters. The zero-order valence-corrected chi connectivity index (χ0v) is 7.86. The minimum absolute atomic E-state index is 0.132. The van der Waals surface area contributed by atoms with Gasteiger partial charge in [-0.3, -0.25) is 4.79 Å². The van der Waals surface area contributed by atoms with Gasteiger partial charge >= 0.3 is 0 Å². The Kier molecular flexibility index (Phi) is 6.36. The van der Waals surface area contributed by atoms with Gasteiger partial charge in [-0.25, -0.2) is 0 Å². The van der Waals surface area contributed by atoms with Gasteiger partial charge in [-0.2, -0.15) is 11.8 Å². The zero-order chi connectivity index (χ0) is 8.69. The number of hydrogen-bond donors (Lipinski definition) is 1. The Morgan fingerprint density at radius 3 is 2.64 bits per heavy atom. The summed E-state index contributed by atoms with van der Waals surface area (Å²) in [6.07, 6.45) is 0.769. The Morgan fingerprint density at radius 2 is 2.18 bits per heavy atom. The number of carbonyl (C=O) groups is 1. The molecule has 0 aromatic carbocycles. The van der Waals surface area contributed by atoms with Gasteiger partial charge in [-0.15, -0.1) is 0 Å². The number of hydrogen-bond acceptors (Lipinski definition) is 3. The van der Waals surface area contributed by atoms with E-state index in [1.807, 2.05) is 0 Å². The third-order valence-electron chi connectivity index (χ3n) is 1.17. The van der Waals surface area contributed by atoms with Crippen molar-refractivity contribution in [3.63, 3.8) is 0 Å². The van der Waals surface area contributed by atoms with Gasteiger partial charge in [0.05, 0.1) is 5.75 Å². The predicted molar refractivity (Wildman–Crippen MR) is 47.7 cm³/mol. The monoisotopic (exact) mass is 177 g/mol. The second-order valence-corrected chi connectivity index (χ2v) is 3.52. The van der Waals surface area contributed by atoms with E-state index in [4.69, 9.17) is 5.11 Å². The third-order valence-corrected chi connectivity index (χ3v) is 2.20. The highest BCUT2D eigenvalue weighted by molar-refractivity contribution is 7.99. The number of aliphatic hydroxyl groups excluding tert-OH is 1. The Balaban J connectivity index is 3.18.